The van der Waals surface area contributed by atoms with E-state index in [1.54, 1.807) is 4.90 Å². The molecule has 8 N–H and O–H groups in total. The monoisotopic (exact) mass is 737 g/mol. The van der Waals surface area contributed by atoms with E-state index in [4.69, 9.17) is 11.5 Å². The maximum Gasteiger partial charge on any atom is 0.305 e. The lowest BCUT2D eigenvalue weighted by Crippen LogP contribution is -2.60. The Balaban J connectivity index is 1.33. The molecule has 13 nitrogen and oxygen atoms in total. The summed E-state index contributed by atoms with van der Waals surface area (Å²) in [5.41, 5.74) is 13.9. The molecule has 13 heteroatoms. The van der Waals surface area contributed by atoms with Crippen molar-refractivity contribution in [1.82, 2.24) is 20.9 Å². The Morgan fingerprint density at radius 3 is 2.09 bits per heavy atom. The molecule has 0 aliphatic carbocycles. The summed E-state index contributed by atoms with van der Waals surface area (Å²) in [6.07, 6.45) is 3.36. The number of carbonyl (C=O) groups is 5. The van der Waals surface area contributed by atoms with Crippen molar-refractivity contribution in [2.45, 2.75) is 94.4 Å². The predicted molar refractivity (Wildman–Crippen MR) is 205 cm³/mol. The molecule has 0 spiro atoms. The lowest BCUT2D eigenvalue weighted by molar-refractivity contribution is -0.147. The fourth-order valence-electron chi connectivity index (χ4n) is 7.64. The highest BCUT2D eigenvalue weighted by Crippen LogP contribution is 2.39. The number of nitrogens with zero attached hydrogens (tertiary/aromatic N) is 2. The van der Waals surface area contributed by atoms with Crippen molar-refractivity contribution >= 4 is 35.6 Å². The third-order valence-corrected chi connectivity index (χ3v) is 10.2. The average molecular weight is 738 g/mol. The van der Waals surface area contributed by atoms with Gasteiger partial charge < -0.3 is 37.4 Å². The molecular formula is C41H51N7O6. The summed E-state index contributed by atoms with van der Waals surface area (Å²) >= 11 is 0. The third kappa shape index (κ3) is 11.4. The summed E-state index contributed by atoms with van der Waals surface area (Å²) in [4.78, 5) is 72.8. The van der Waals surface area contributed by atoms with Crippen molar-refractivity contribution in [2.24, 2.45) is 22.4 Å². The average Bonchev–Trinajstić information content (AvgIpc) is 3.52. The second-order valence-corrected chi connectivity index (χ2v) is 14.2. The number of amides is 4. The molecule has 2 aliphatic heterocycles. The number of aliphatic carboxylic acids is 1. The first-order chi connectivity index (χ1) is 26.1. The molecule has 2 aliphatic rings. The van der Waals surface area contributed by atoms with Crippen LogP contribution in [0.2, 0.25) is 0 Å². The quantitative estimate of drug-likeness (QED) is 0.0648. The van der Waals surface area contributed by atoms with Crippen molar-refractivity contribution in [1.29, 1.82) is 0 Å². The van der Waals surface area contributed by atoms with Crippen molar-refractivity contribution < 1.29 is 29.1 Å². The van der Waals surface area contributed by atoms with E-state index in [1.807, 2.05) is 91.0 Å². The Hall–Kier alpha value is -5.72. The summed E-state index contributed by atoms with van der Waals surface area (Å²) < 4.78 is 0. The highest BCUT2D eigenvalue weighted by molar-refractivity contribution is 5.95. The van der Waals surface area contributed by atoms with Gasteiger partial charge in [-0.15, -0.1) is 0 Å². The van der Waals surface area contributed by atoms with Crippen LogP contribution in [0.15, 0.2) is 96.0 Å². The van der Waals surface area contributed by atoms with Crippen LogP contribution >= 0.6 is 0 Å². The molecule has 2 fully saturated rings. The second-order valence-electron chi connectivity index (χ2n) is 14.2. The van der Waals surface area contributed by atoms with Crippen molar-refractivity contribution in [3.05, 3.63) is 108 Å². The first kappa shape index (κ1) is 39.5. The Morgan fingerprint density at radius 2 is 1.46 bits per heavy atom. The van der Waals surface area contributed by atoms with Crippen molar-refractivity contribution in [2.75, 3.05) is 6.54 Å². The number of guanidine groups is 1. The summed E-state index contributed by atoms with van der Waals surface area (Å²) in [5, 5.41) is 18.3. The van der Waals surface area contributed by atoms with Gasteiger partial charge in [-0.1, -0.05) is 91.0 Å². The zero-order valence-corrected chi connectivity index (χ0v) is 30.4. The Labute approximate surface area is 316 Å². The highest BCUT2D eigenvalue weighted by atomic mass is 16.4. The lowest BCUT2D eigenvalue weighted by atomic mass is 9.86. The molecule has 0 bridgehead atoms. The predicted octanol–water partition coefficient (Wildman–Crippen LogP) is 2.47. The summed E-state index contributed by atoms with van der Waals surface area (Å²) in [6.45, 7) is 0.216. The molecule has 286 valence electrons. The fraction of sp³-hybridized carbons (Fsp3) is 0.415. The topological polar surface area (TPSA) is 209 Å². The molecule has 0 aromatic heterocycles. The van der Waals surface area contributed by atoms with Crippen molar-refractivity contribution in [3.63, 3.8) is 0 Å². The van der Waals surface area contributed by atoms with Gasteiger partial charge in [-0.05, 0) is 74.0 Å². The number of carboxylic acids is 1. The maximum absolute atomic E-state index is 14.3. The zero-order valence-electron chi connectivity index (χ0n) is 30.4. The number of piperidine rings is 1. The molecule has 0 radical (unpaired) electrons. The minimum Gasteiger partial charge on any atom is -0.481 e. The van der Waals surface area contributed by atoms with Gasteiger partial charge in [0.15, 0.2) is 5.96 Å². The van der Waals surface area contributed by atoms with Gasteiger partial charge in [-0.2, -0.15) is 0 Å². The van der Waals surface area contributed by atoms with Crippen LogP contribution in [0.1, 0.15) is 61.6 Å². The van der Waals surface area contributed by atoms with E-state index in [-0.39, 0.29) is 55.5 Å². The fourth-order valence-corrected chi connectivity index (χ4v) is 7.64. The van der Waals surface area contributed by atoms with E-state index in [1.165, 1.54) is 0 Å². The molecule has 3 aromatic carbocycles. The van der Waals surface area contributed by atoms with Crippen LogP contribution in [0.4, 0.5) is 0 Å². The molecular weight excluding hydrogens is 686 g/mol. The van der Waals surface area contributed by atoms with E-state index in [0.717, 1.165) is 16.7 Å². The number of carbonyl (C=O) groups excluding carboxylic acids is 4. The van der Waals surface area contributed by atoms with Gasteiger partial charge in [0.2, 0.25) is 23.6 Å². The third-order valence-electron chi connectivity index (χ3n) is 10.2. The number of rotatable bonds is 18. The number of aliphatic imine (C=N–C) groups is 1. The van der Waals surface area contributed by atoms with Gasteiger partial charge >= 0.3 is 5.97 Å². The summed E-state index contributed by atoms with van der Waals surface area (Å²) in [7, 11) is 0. The van der Waals surface area contributed by atoms with Gasteiger partial charge in [-0.25, -0.2) is 0 Å². The van der Waals surface area contributed by atoms with Crippen LogP contribution < -0.4 is 27.4 Å². The number of nitrogens with two attached hydrogens (primary N) is 2. The van der Waals surface area contributed by atoms with Gasteiger partial charge in [0.1, 0.15) is 18.1 Å². The lowest BCUT2D eigenvalue weighted by Gasteiger charge is -2.39. The van der Waals surface area contributed by atoms with Crippen LogP contribution in [0.25, 0.3) is 0 Å². The number of hydrogen-bond acceptors (Lipinski definition) is 6. The minimum atomic E-state index is -1.06. The SMILES string of the molecule is NC(N)=NCCCC(NC(=O)C1CC(Cc2ccccc2)C2CCC(NC(=O)Cc3ccccc3)C(=O)N12)C(=O)NC(CCc1ccccc1)CC(=O)O. The smallest absolute Gasteiger partial charge is 0.305 e. The van der Waals surface area contributed by atoms with E-state index in [0.29, 0.717) is 44.9 Å². The number of hydrogen-bond donors (Lipinski definition) is 6. The molecule has 6 unspecified atom stereocenters. The van der Waals surface area contributed by atoms with Gasteiger partial charge in [0.05, 0.1) is 12.8 Å². The molecule has 0 saturated carbocycles. The van der Waals surface area contributed by atoms with Gasteiger partial charge in [-0.3, -0.25) is 29.0 Å². The largest absolute Gasteiger partial charge is 0.481 e. The molecule has 5 rings (SSSR count). The van der Waals surface area contributed by atoms with Crippen LogP contribution in [-0.2, 0) is 43.2 Å². The molecule has 3 aromatic rings. The first-order valence-corrected chi connectivity index (χ1v) is 18.7. The van der Waals surface area contributed by atoms with Crippen LogP contribution in [-0.4, -0.2) is 82.3 Å². The van der Waals surface area contributed by atoms with E-state index < -0.39 is 42.0 Å². The highest BCUT2D eigenvalue weighted by Gasteiger charge is 2.51. The molecule has 2 saturated heterocycles. The van der Waals surface area contributed by atoms with E-state index >= 15 is 0 Å². The number of nitrogens with one attached hydrogen (secondary N) is 3. The maximum atomic E-state index is 14.3. The standard InChI is InChI=1S/C41H51N7O6/c42-41(43)44-22-10-17-32(38(52)45-31(26-37(50)51)19-18-27-11-4-1-5-12-27)47-39(53)35-25-30(23-28-13-6-2-7-14-28)34-21-20-33(40(54)48(34)35)46-36(49)24-29-15-8-3-9-16-29/h1-9,11-16,30-35H,10,17-26H2,(H,45,52)(H,46,49)(H,47,53)(H,50,51)(H4,42,43,44). The Morgan fingerprint density at radius 1 is 0.833 bits per heavy atom. The summed E-state index contributed by atoms with van der Waals surface area (Å²) in [5.74, 6) is -2.80. The zero-order chi connectivity index (χ0) is 38.5. The first-order valence-electron chi connectivity index (χ1n) is 18.7. The number of benzene rings is 3. The van der Waals surface area contributed by atoms with Gasteiger partial charge in [0, 0.05) is 18.6 Å². The van der Waals surface area contributed by atoms with Crippen LogP contribution in [0.3, 0.4) is 0 Å². The minimum absolute atomic E-state index is 0.0276. The molecule has 2 heterocycles. The Kier molecular flexibility index (Phi) is 14.2. The van der Waals surface area contributed by atoms with Crippen molar-refractivity contribution in [3.8, 4) is 0 Å². The summed E-state index contributed by atoms with van der Waals surface area (Å²) in [6, 6.07) is 25.1. The number of carboxylic acid groups (broad SMARTS) is 1. The molecule has 4 amide bonds. The van der Waals surface area contributed by atoms with E-state index in [2.05, 4.69) is 20.9 Å². The number of aryl methyl sites for hydroxylation is 1. The van der Waals surface area contributed by atoms with Gasteiger partial charge in [0.25, 0.3) is 0 Å². The van der Waals surface area contributed by atoms with Crippen LogP contribution in [0, 0.1) is 5.92 Å². The molecule has 54 heavy (non-hydrogen) atoms. The second kappa shape index (κ2) is 19.4. The van der Waals surface area contributed by atoms with Crippen LogP contribution in [0.5, 0.6) is 0 Å². The number of fused-ring (bicyclic) bond motifs is 1. The Bertz CT molecular complexity index is 1750. The molecule has 6 atom stereocenters. The normalized spacial score (nSPS) is 20.2. The van der Waals surface area contributed by atoms with E-state index in [9.17, 15) is 29.1 Å².